The predicted molar refractivity (Wildman–Crippen MR) is 60.3 cm³/mol. The Bertz CT molecular complexity index is 294. The van der Waals surface area contributed by atoms with Crippen molar-refractivity contribution < 1.29 is 0 Å². The smallest absolute Gasteiger partial charge is 0.0295 e. The topological polar surface area (TPSA) is 0 Å². The number of benzene rings is 1. The van der Waals surface area contributed by atoms with E-state index < -0.39 is 0 Å². The Kier molecular flexibility index (Phi) is 2.95. The fourth-order valence-electron chi connectivity index (χ4n) is 1.74. The van der Waals surface area contributed by atoms with Gasteiger partial charge in [-0.2, -0.15) is 0 Å². The van der Waals surface area contributed by atoms with Crippen LogP contribution in [0.5, 0.6) is 0 Å². The van der Waals surface area contributed by atoms with Crippen LogP contribution in [0, 0.1) is 5.92 Å². The monoisotopic (exact) mass is 258 g/mol. The second-order valence-corrected chi connectivity index (χ2v) is 4.78. The Morgan fingerprint density at radius 2 is 2.08 bits per heavy atom. The van der Waals surface area contributed by atoms with Crippen LogP contribution in [0.2, 0.25) is 0 Å². The lowest BCUT2D eigenvalue weighted by Crippen LogP contribution is -2.03. The molecule has 0 heterocycles. The van der Waals surface area contributed by atoms with Crippen LogP contribution in [-0.4, -0.2) is 5.88 Å². The molecule has 1 aliphatic carbocycles. The Balaban J connectivity index is 2.26. The van der Waals surface area contributed by atoms with Crippen molar-refractivity contribution in [3.05, 3.63) is 34.3 Å². The highest BCUT2D eigenvalue weighted by atomic mass is 79.9. The molecule has 2 heteroatoms. The summed E-state index contributed by atoms with van der Waals surface area (Å²) < 4.78 is 1.20. The second-order valence-electron chi connectivity index (χ2n) is 3.62. The molecule has 13 heavy (non-hydrogen) atoms. The van der Waals surface area contributed by atoms with Crippen LogP contribution in [-0.2, 0) is 0 Å². The molecular weight excluding hydrogens is 247 g/mol. The Hall–Kier alpha value is -0.0100. The fraction of sp³-hybridized carbons (Fsp3) is 0.455. The van der Waals surface area contributed by atoms with E-state index in [0.717, 1.165) is 11.8 Å². The van der Waals surface area contributed by atoms with E-state index in [-0.39, 0.29) is 0 Å². The molecule has 1 aromatic carbocycles. The highest BCUT2D eigenvalue weighted by Gasteiger charge is 2.32. The van der Waals surface area contributed by atoms with Crippen molar-refractivity contribution in [2.45, 2.75) is 18.8 Å². The molecule has 0 bridgehead atoms. The zero-order valence-corrected chi connectivity index (χ0v) is 9.68. The van der Waals surface area contributed by atoms with E-state index >= 15 is 0 Å². The number of hydrogen-bond donors (Lipinski definition) is 0. The molecule has 0 nitrogen and oxygen atoms in total. The largest absolute Gasteiger partial charge is 0.126 e. The molecule has 0 N–H and O–H groups in total. The van der Waals surface area contributed by atoms with E-state index in [9.17, 15) is 0 Å². The van der Waals surface area contributed by atoms with Crippen molar-refractivity contribution in [1.82, 2.24) is 0 Å². The number of rotatable bonds is 3. The van der Waals surface area contributed by atoms with Crippen molar-refractivity contribution in [2.75, 3.05) is 5.88 Å². The molecule has 0 aromatic heterocycles. The third kappa shape index (κ3) is 2.08. The van der Waals surface area contributed by atoms with Crippen molar-refractivity contribution in [3.63, 3.8) is 0 Å². The lowest BCUT2D eigenvalue weighted by atomic mass is 9.96. The summed E-state index contributed by atoms with van der Waals surface area (Å²) >= 11 is 9.56. The van der Waals surface area contributed by atoms with Crippen molar-refractivity contribution in [2.24, 2.45) is 5.92 Å². The molecule has 0 saturated heterocycles. The molecule has 0 amide bonds. The van der Waals surface area contributed by atoms with Gasteiger partial charge in [0.25, 0.3) is 0 Å². The first-order chi connectivity index (χ1) is 6.33. The Morgan fingerprint density at radius 1 is 1.38 bits per heavy atom. The zero-order valence-electron chi connectivity index (χ0n) is 7.34. The summed E-state index contributed by atoms with van der Waals surface area (Å²) in [6.45, 7) is 0. The first-order valence-electron chi connectivity index (χ1n) is 4.63. The minimum Gasteiger partial charge on any atom is -0.126 e. The molecular formula is C11H12BrCl. The summed E-state index contributed by atoms with van der Waals surface area (Å²) in [6, 6.07) is 8.40. The first kappa shape index (κ1) is 9.54. The SMILES string of the molecule is ClCC(c1ccccc1Br)C1CC1. The van der Waals surface area contributed by atoms with Crippen LogP contribution in [0.3, 0.4) is 0 Å². The summed E-state index contributed by atoms with van der Waals surface area (Å²) in [6.07, 6.45) is 2.69. The number of hydrogen-bond acceptors (Lipinski definition) is 0. The van der Waals surface area contributed by atoms with Gasteiger partial charge in [0, 0.05) is 16.3 Å². The standard InChI is InChI=1S/C11H12BrCl/c12-11-4-2-1-3-9(11)10(7-13)8-5-6-8/h1-4,8,10H,5-7H2. The van der Waals surface area contributed by atoms with Crippen LogP contribution in [0.25, 0.3) is 0 Å². The van der Waals surface area contributed by atoms with Gasteiger partial charge in [0.05, 0.1) is 0 Å². The number of halogens is 2. The molecule has 1 aliphatic rings. The van der Waals surface area contributed by atoms with Gasteiger partial charge < -0.3 is 0 Å². The summed E-state index contributed by atoms with van der Waals surface area (Å²) in [5, 5.41) is 0. The van der Waals surface area contributed by atoms with E-state index in [1.807, 2.05) is 6.07 Å². The van der Waals surface area contributed by atoms with Gasteiger partial charge in [0.1, 0.15) is 0 Å². The average molecular weight is 260 g/mol. The lowest BCUT2D eigenvalue weighted by Gasteiger charge is -2.14. The molecule has 1 fully saturated rings. The molecule has 1 aromatic rings. The van der Waals surface area contributed by atoms with Crippen LogP contribution >= 0.6 is 27.5 Å². The van der Waals surface area contributed by atoms with Gasteiger partial charge in [0.15, 0.2) is 0 Å². The van der Waals surface area contributed by atoms with Crippen molar-refractivity contribution >= 4 is 27.5 Å². The summed E-state index contributed by atoms with van der Waals surface area (Å²) in [5.74, 6) is 2.13. The van der Waals surface area contributed by atoms with E-state index in [2.05, 4.69) is 34.1 Å². The molecule has 1 unspecified atom stereocenters. The Labute approximate surface area is 92.4 Å². The number of alkyl halides is 1. The highest BCUT2D eigenvalue weighted by Crippen LogP contribution is 2.44. The molecule has 0 radical (unpaired) electrons. The van der Waals surface area contributed by atoms with Gasteiger partial charge >= 0.3 is 0 Å². The quantitative estimate of drug-likeness (QED) is 0.714. The predicted octanol–water partition coefficient (Wildman–Crippen LogP) is 4.18. The molecule has 0 spiro atoms. The van der Waals surface area contributed by atoms with E-state index in [1.54, 1.807) is 0 Å². The van der Waals surface area contributed by atoms with Crippen molar-refractivity contribution in [3.8, 4) is 0 Å². The summed E-state index contributed by atoms with van der Waals surface area (Å²) in [5.41, 5.74) is 1.38. The minimum atomic E-state index is 0.553. The van der Waals surface area contributed by atoms with Crippen LogP contribution < -0.4 is 0 Å². The maximum absolute atomic E-state index is 5.99. The van der Waals surface area contributed by atoms with E-state index in [0.29, 0.717) is 5.92 Å². The van der Waals surface area contributed by atoms with Gasteiger partial charge in [-0.1, -0.05) is 34.1 Å². The second kappa shape index (κ2) is 4.02. The maximum atomic E-state index is 5.99. The van der Waals surface area contributed by atoms with Crippen LogP contribution in [0.1, 0.15) is 24.3 Å². The van der Waals surface area contributed by atoms with Crippen LogP contribution in [0.15, 0.2) is 28.7 Å². The highest BCUT2D eigenvalue weighted by molar-refractivity contribution is 9.10. The third-order valence-corrected chi connectivity index (χ3v) is 3.72. The lowest BCUT2D eigenvalue weighted by molar-refractivity contribution is 0.667. The van der Waals surface area contributed by atoms with E-state index in [1.165, 1.54) is 22.9 Å². The van der Waals surface area contributed by atoms with Gasteiger partial charge in [-0.25, -0.2) is 0 Å². The molecule has 1 saturated carbocycles. The zero-order chi connectivity index (χ0) is 9.26. The normalized spacial score (nSPS) is 18.6. The summed E-state index contributed by atoms with van der Waals surface area (Å²) in [7, 11) is 0. The average Bonchev–Trinajstić information content (AvgIpc) is 2.93. The van der Waals surface area contributed by atoms with Gasteiger partial charge in [-0.05, 0) is 30.4 Å². The van der Waals surface area contributed by atoms with Gasteiger partial charge in [-0.15, -0.1) is 11.6 Å². The Morgan fingerprint density at radius 3 is 2.62 bits per heavy atom. The third-order valence-electron chi connectivity index (χ3n) is 2.66. The minimum absolute atomic E-state index is 0.553. The maximum Gasteiger partial charge on any atom is 0.0295 e. The summed E-state index contributed by atoms with van der Waals surface area (Å²) in [4.78, 5) is 0. The van der Waals surface area contributed by atoms with Crippen molar-refractivity contribution in [1.29, 1.82) is 0 Å². The first-order valence-corrected chi connectivity index (χ1v) is 5.96. The molecule has 70 valence electrons. The van der Waals surface area contributed by atoms with E-state index in [4.69, 9.17) is 11.6 Å². The van der Waals surface area contributed by atoms with Gasteiger partial charge in [0.2, 0.25) is 0 Å². The molecule has 2 rings (SSSR count). The molecule has 0 aliphatic heterocycles. The molecule has 1 atom stereocenters. The van der Waals surface area contributed by atoms with Crippen LogP contribution in [0.4, 0.5) is 0 Å². The fourth-order valence-corrected chi connectivity index (χ4v) is 2.73. The van der Waals surface area contributed by atoms with Gasteiger partial charge in [-0.3, -0.25) is 0 Å².